The van der Waals surface area contributed by atoms with E-state index >= 15 is 0 Å². The lowest BCUT2D eigenvalue weighted by Crippen LogP contribution is -2.32. The predicted molar refractivity (Wildman–Crippen MR) is 88.0 cm³/mol. The highest BCUT2D eigenvalue weighted by molar-refractivity contribution is 9.10. The zero-order valence-corrected chi connectivity index (χ0v) is 14.6. The summed E-state index contributed by atoms with van der Waals surface area (Å²) in [6, 6.07) is 0. The van der Waals surface area contributed by atoms with Gasteiger partial charge in [-0.15, -0.1) is 0 Å². The molecule has 0 radical (unpaired) electrons. The van der Waals surface area contributed by atoms with Gasteiger partial charge < -0.3 is 5.32 Å². The highest BCUT2D eigenvalue weighted by Gasteiger charge is 2.33. The Labute approximate surface area is 131 Å². The third-order valence-electron chi connectivity index (χ3n) is 4.77. The van der Waals surface area contributed by atoms with Gasteiger partial charge in [0.2, 0.25) is 0 Å². The highest BCUT2D eigenvalue weighted by atomic mass is 79.9. The topological polar surface area (TPSA) is 29.9 Å². The van der Waals surface area contributed by atoms with Gasteiger partial charge >= 0.3 is 0 Å². The average Bonchev–Trinajstić information content (AvgIpc) is 2.81. The van der Waals surface area contributed by atoms with Crippen LogP contribution in [0.4, 0.5) is 0 Å². The molecular formula is C16H28BrN3. The Balaban J connectivity index is 2.27. The molecule has 20 heavy (non-hydrogen) atoms. The number of halogens is 1. The first kappa shape index (κ1) is 16.0. The minimum absolute atomic E-state index is 0.643. The van der Waals surface area contributed by atoms with Crippen molar-refractivity contribution >= 4 is 15.9 Å². The van der Waals surface area contributed by atoms with Crippen molar-refractivity contribution < 1.29 is 0 Å². The van der Waals surface area contributed by atoms with Crippen LogP contribution in [0.3, 0.4) is 0 Å². The molecule has 1 aliphatic carbocycles. The predicted octanol–water partition coefficient (Wildman–Crippen LogP) is 4.18. The summed E-state index contributed by atoms with van der Waals surface area (Å²) in [6.45, 7) is 6.70. The molecule has 1 aliphatic rings. The number of hydrogen-bond acceptors (Lipinski definition) is 2. The number of aromatic nitrogens is 2. The lowest BCUT2D eigenvalue weighted by molar-refractivity contribution is 0.219. The molecule has 3 nitrogen and oxygen atoms in total. The number of rotatable bonds is 6. The molecule has 1 heterocycles. The monoisotopic (exact) mass is 341 g/mol. The summed E-state index contributed by atoms with van der Waals surface area (Å²) >= 11 is 3.74. The third-order valence-corrected chi connectivity index (χ3v) is 5.38. The molecule has 0 saturated heterocycles. The molecule has 1 fully saturated rings. The quantitative estimate of drug-likeness (QED) is 0.840. The van der Waals surface area contributed by atoms with Crippen molar-refractivity contribution in [1.82, 2.24) is 15.1 Å². The van der Waals surface area contributed by atoms with Crippen molar-refractivity contribution in [2.24, 2.45) is 11.8 Å². The molecule has 1 saturated carbocycles. The van der Waals surface area contributed by atoms with Crippen LogP contribution in [-0.4, -0.2) is 23.4 Å². The molecule has 0 aromatic carbocycles. The first-order chi connectivity index (χ1) is 9.71. The Morgan fingerprint density at radius 3 is 2.85 bits per heavy atom. The SMILES string of the molecule is CCCn1ncc(Br)c1C1CC(CC)CCC1CNC. The molecule has 3 unspecified atom stereocenters. The summed E-state index contributed by atoms with van der Waals surface area (Å²) < 4.78 is 3.43. The van der Waals surface area contributed by atoms with E-state index in [1.807, 2.05) is 6.20 Å². The number of aryl methyl sites for hydroxylation is 1. The normalized spacial score (nSPS) is 26.9. The summed E-state index contributed by atoms with van der Waals surface area (Å²) in [4.78, 5) is 0. The molecule has 3 atom stereocenters. The largest absolute Gasteiger partial charge is 0.319 e. The number of hydrogen-bond donors (Lipinski definition) is 1. The summed E-state index contributed by atoms with van der Waals surface area (Å²) in [7, 11) is 2.07. The second kappa shape index (κ2) is 7.60. The zero-order valence-electron chi connectivity index (χ0n) is 13.0. The number of nitrogens with zero attached hydrogens (tertiary/aromatic N) is 2. The minimum atomic E-state index is 0.643. The lowest BCUT2D eigenvalue weighted by Gasteiger charge is -2.36. The van der Waals surface area contributed by atoms with Gasteiger partial charge in [-0.3, -0.25) is 4.68 Å². The second-order valence-electron chi connectivity index (χ2n) is 6.11. The Morgan fingerprint density at radius 2 is 2.20 bits per heavy atom. The van der Waals surface area contributed by atoms with E-state index in [9.17, 15) is 0 Å². The smallest absolute Gasteiger partial charge is 0.0635 e. The molecule has 1 aromatic rings. The summed E-state index contributed by atoms with van der Waals surface area (Å²) in [5.74, 6) is 2.26. The van der Waals surface area contributed by atoms with Crippen molar-refractivity contribution in [3.05, 3.63) is 16.4 Å². The van der Waals surface area contributed by atoms with Crippen LogP contribution in [0.2, 0.25) is 0 Å². The summed E-state index contributed by atoms with van der Waals surface area (Å²) in [6.07, 6.45) is 8.48. The molecule has 2 rings (SSSR count). The van der Waals surface area contributed by atoms with Gasteiger partial charge in [-0.25, -0.2) is 0 Å². The molecule has 1 N–H and O–H groups in total. The van der Waals surface area contributed by atoms with Crippen molar-refractivity contribution in [2.45, 2.75) is 58.4 Å². The van der Waals surface area contributed by atoms with Crippen molar-refractivity contribution in [3.63, 3.8) is 0 Å². The van der Waals surface area contributed by atoms with Gasteiger partial charge in [0.1, 0.15) is 0 Å². The molecule has 0 bridgehead atoms. The van der Waals surface area contributed by atoms with Crippen LogP contribution < -0.4 is 5.32 Å². The fourth-order valence-electron chi connectivity index (χ4n) is 3.66. The minimum Gasteiger partial charge on any atom is -0.319 e. The van der Waals surface area contributed by atoms with E-state index in [4.69, 9.17) is 0 Å². The molecule has 114 valence electrons. The van der Waals surface area contributed by atoms with Crippen molar-refractivity contribution in [3.8, 4) is 0 Å². The number of nitrogens with one attached hydrogen (secondary N) is 1. The second-order valence-corrected chi connectivity index (χ2v) is 6.97. The molecule has 0 spiro atoms. The van der Waals surface area contributed by atoms with Gasteiger partial charge in [-0.1, -0.05) is 26.7 Å². The molecule has 4 heteroatoms. The standard InChI is InChI=1S/C16H28BrN3/c1-4-8-20-16(15(17)11-19-20)14-9-12(5-2)6-7-13(14)10-18-3/h11-14,18H,4-10H2,1-3H3. The van der Waals surface area contributed by atoms with Gasteiger partial charge in [0.05, 0.1) is 16.4 Å². The van der Waals surface area contributed by atoms with Crippen LogP contribution in [0.25, 0.3) is 0 Å². The Kier molecular flexibility index (Phi) is 6.09. The summed E-state index contributed by atoms with van der Waals surface area (Å²) in [5.41, 5.74) is 1.44. The van der Waals surface area contributed by atoms with Crippen LogP contribution in [0.5, 0.6) is 0 Å². The van der Waals surface area contributed by atoms with Gasteiger partial charge in [-0.2, -0.15) is 5.10 Å². The van der Waals surface area contributed by atoms with E-state index in [1.54, 1.807) is 0 Å². The fraction of sp³-hybridized carbons (Fsp3) is 0.812. The van der Waals surface area contributed by atoms with Crippen molar-refractivity contribution in [1.29, 1.82) is 0 Å². The highest BCUT2D eigenvalue weighted by Crippen LogP contribution is 2.43. The Bertz CT molecular complexity index is 416. The van der Waals surface area contributed by atoms with E-state index in [0.717, 1.165) is 31.3 Å². The van der Waals surface area contributed by atoms with Gasteiger partial charge in [0.15, 0.2) is 0 Å². The van der Waals surface area contributed by atoms with E-state index in [2.05, 4.69) is 51.9 Å². The van der Waals surface area contributed by atoms with Gasteiger partial charge in [0.25, 0.3) is 0 Å². The van der Waals surface area contributed by atoms with Crippen LogP contribution in [0.15, 0.2) is 10.7 Å². The van der Waals surface area contributed by atoms with Crippen LogP contribution in [0.1, 0.15) is 57.6 Å². The lowest BCUT2D eigenvalue weighted by atomic mass is 9.71. The van der Waals surface area contributed by atoms with Crippen LogP contribution >= 0.6 is 15.9 Å². The Hall–Kier alpha value is -0.350. The molecule has 0 amide bonds. The summed E-state index contributed by atoms with van der Waals surface area (Å²) in [5, 5.41) is 7.96. The van der Waals surface area contributed by atoms with E-state index in [0.29, 0.717) is 5.92 Å². The zero-order chi connectivity index (χ0) is 14.5. The average molecular weight is 342 g/mol. The molecular weight excluding hydrogens is 314 g/mol. The Morgan fingerprint density at radius 1 is 1.40 bits per heavy atom. The third kappa shape index (κ3) is 3.45. The van der Waals surface area contributed by atoms with E-state index in [1.165, 1.54) is 35.8 Å². The van der Waals surface area contributed by atoms with E-state index in [-0.39, 0.29) is 0 Å². The van der Waals surface area contributed by atoms with Gasteiger partial charge in [0, 0.05) is 12.5 Å². The maximum Gasteiger partial charge on any atom is 0.0635 e. The molecule has 1 aromatic heterocycles. The molecule has 0 aliphatic heterocycles. The first-order valence-corrected chi connectivity index (χ1v) is 8.86. The van der Waals surface area contributed by atoms with Crippen molar-refractivity contribution in [2.75, 3.05) is 13.6 Å². The first-order valence-electron chi connectivity index (χ1n) is 8.06. The fourth-order valence-corrected chi connectivity index (χ4v) is 4.25. The van der Waals surface area contributed by atoms with Crippen LogP contribution in [0, 0.1) is 11.8 Å². The maximum atomic E-state index is 4.58. The maximum absolute atomic E-state index is 4.58. The van der Waals surface area contributed by atoms with Crippen LogP contribution in [-0.2, 0) is 6.54 Å². The van der Waals surface area contributed by atoms with E-state index < -0.39 is 0 Å². The van der Waals surface area contributed by atoms with Gasteiger partial charge in [-0.05, 0) is 60.6 Å².